The predicted molar refractivity (Wildman–Crippen MR) is 85.7 cm³/mol. The lowest BCUT2D eigenvalue weighted by Gasteiger charge is -2.51. The quantitative estimate of drug-likeness (QED) is 0.779. The van der Waals surface area contributed by atoms with Crippen LogP contribution in [0.2, 0.25) is 0 Å². The van der Waals surface area contributed by atoms with Crippen LogP contribution >= 0.6 is 0 Å². The Morgan fingerprint density at radius 1 is 0.682 bits per heavy atom. The fourth-order valence-corrected chi connectivity index (χ4v) is 7.35. The van der Waals surface area contributed by atoms with Crippen LogP contribution in [0.3, 0.4) is 0 Å². The van der Waals surface area contributed by atoms with Crippen LogP contribution in [0.4, 0.5) is 0 Å². The number of morpholine rings is 1. The smallest absolute Gasteiger partial charge is 0.0718 e. The van der Waals surface area contributed by atoms with Gasteiger partial charge in [0.25, 0.3) is 0 Å². The molecule has 7 aliphatic rings. The molecule has 3 aliphatic heterocycles. The number of hydrogen-bond donors (Lipinski definition) is 0. The zero-order valence-corrected chi connectivity index (χ0v) is 13.7. The summed E-state index contributed by atoms with van der Waals surface area (Å²) < 4.78 is 5.85. The van der Waals surface area contributed by atoms with Gasteiger partial charge in [-0.05, 0) is 56.3 Å². The molecule has 22 heavy (non-hydrogen) atoms. The van der Waals surface area contributed by atoms with Gasteiger partial charge in [0.2, 0.25) is 0 Å². The van der Waals surface area contributed by atoms with E-state index in [2.05, 4.69) is 9.80 Å². The van der Waals surface area contributed by atoms with Crippen molar-refractivity contribution in [2.24, 2.45) is 17.8 Å². The second-order valence-electron chi connectivity index (χ2n) is 9.29. The molecule has 4 saturated carbocycles. The van der Waals surface area contributed by atoms with Crippen molar-refractivity contribution >= 4 is 0 Å². The van der Waals surface area contributed by atoms with Gasteiger partial charge in [0.15, 0.2) is 0 Å². The summed E-state index contributed by atoms with van der Waals surface area (Å²) in [5.74, 6) is 3.13. The minimum absolute atomic E-state index is 0.572. The molecule has 6 atom stereocenters. The van der Waals surface area contributed by atoms with E-state index >= 15 is 0 Å². The van der Waals surface area contributed by atoms with Crippen molar-refractivity contribution in [1.29, 1.82) is 0 Å². The maximum absolute atomic E-state index is 5.85. The topological polar surface area (TPSA) is 15.7 Å². The summed E-state index contributed by atoms with van der Waals surface area (Å²) in [5, 5.41) is 0. The van der Waals surface area contributed by atoms with Crippen molar-refractivity contribution in [3.63, 3.8) is 0 Å². The third-order valence-electron chi connectivity index (χ3n) is 8.29. The van der Waals surface area contributed by atoms with Crippen LogP contribution in [0.1, 0.15) is 51.4 Å². The molecule has 3 heterocycles. The summed E-state index contributed by atoms with van der Waals surface area (Å²) in [7, 11) is 0. The molecule has 7 fully saturated rings. The first-order valence-corrected chi connectivity index (χ1v) is 9.98. The largest absolute Gasteiger partial charge is 0.375 e. The van der Waals surface area contributed by atoms with E-state index < -0.39 is 0 Å². The molecule has 0 spiro atoms. The molecular formula is C19H30N2O. The van der Waals surface area contributed by atoms with Crippen molar-refractivity contribution in [3.8, 4) is 0 Å². The summed E-state index contributed by atoms with van der Waals surface area (Å²) in [6.07, 6.45) is 12.6. The van der Waals surface area contributed by atoms with Crippen molar-refractivity contribution in [3.05, 3.63) is 0 Å². The van der Waals surface area contributed by atoms with E-state index in [1.165, 1.54) is 51.6 Å². The van der Waals surface area contributed by atoms with Crippen LogP contribution in [-0.4, -0.2) is 59.8 Å². The molecule has 0 aromatic heterocycles. The summed E-state index contributed by atoms with van der Waals surface area (Å²) in [6, 6.07) is 3.49. The number of ether oxygens (including phenoxy) is 1. The van der Waals surface area contributed by atoms with Crippen LogP contribution in [0.5, 0.6) is 0 Å². The van der Waals surface area contributed by atoms with Crippen molar-refractivity contribution in [2.75, 3.05) is 19.7 Å². The van der Waals surface area contributed by atoms with E-state index in [-0.39, 0.29) is 0 Å². The number of nitrogens with zero attached hydrogens (tertiary/aromatic N) is 2. The first-order valence-electron chi connectivity index (χ1n) is 9.98. The molecule has 3 saturated heterocycles. The average molecular weight is 302 g/mol. The molecule has 6 bridgehead atoms. The van der Waals surface area contributed by atoms with E-state index in [1.54, 1.807) is 12.8 Å². The standard InChI is InChI=1S/C19H30N2O/c1-3-14-4-2-12(1)5-17(14)21-9-13-6-18(19(21)7-13)20-10-16-8-15(20)11-22-16/h12-19H,1-11H2. The van der Waals surface area contributed by atoms with E-state index in [9.17, 15) is 0 Å². The molecule has 3 heteroatoms. The molecule has 0 aromatic rings. The Kier molecular flexibility index (Phi) is 2.82. The lowest BCUT2D eigenvalue weighted by atomic mass is 9.67. The van der Waals surface area contributed by atoms with Gasteiger partial charge in [-0.1, -0.05) is 12.8 Å². The van der Waals surface area contributed by atoms with Gasteiger partial charge in [0.1, 0.15) is 0 Å². The first-order chi connectivity index (χ1) is 10.8. The minimum Gasteiger partial charge on any atom is -0.375 e. The van der Waals surface area contributed by atoms with E-state index in [0.717, 1.165) is 48.5 Å². The highest BCUT2D eigenvalue weighted by atomic mass is 16.5. The van der Waals surface area contributed by atoms with Crippen LogP contribution < -0.4 is 0 Å². The van der Waals surface area contributed by atoms with Gasteiger partial charge in [-0.15, -0.1) is 0 Å². The molecule has 0 aromatic carbocycles. The maximum Gasteiger partial charge on any atom is 0.0718 e. The monoisotopic (exact) mass is 302 g/mol. The van der Waals surface area contributed by atoms with Crippen LogP contribution in [-0.2, 0) is 4.74 Å². The minimum atomic E-state index is 0.572. The molecule has 6 unspecified atom stereocenters. The van der Waals surface area contributed by atoms with Gasteiger partial charge in [-0.25, -0.2) is 0 Å². The number of likely N-dealkylation sites (tertiary alicyclic amines) is 2. The molecule has 0 N–H and O–H groups in total. The molecule has 3 nitrogen and oxygen atoms in total. The van der Waals surface area contributed by atoms with E-state index in [4.69, 9.17) is 4.74 Å². The zero-order chi connectivity index (χ0) is 14.3. The Hall–Kier alpha value is -0.120. The van der Waals surface area contributed by atoms with Gasteiger partial charge < -0.3 is 4.74 Å². The van der Waals surface area contributed by atoms with Gasteiger partial charge in [-0.3, -0.25) is 9.80 Å². The molecular weight excluding hydrogens is 272 g/mol. The maximum atomic E-state index is 5.85. The lowest BCUT2D eigenvalue weighted by molar-refractivity contribution is -0.0404. The van der Waals surface area contributed by atoms with Crippen LogP contribution in [0, 0.1) is 17.8 Å². The van der Waals surface area contributed by atoms with Crippen molar-refractivity contribution in [2.45, 2.75) is 81.6 Å². The summed E-state index contributed by atoms with van der Waals surface area (Å²) in [4.78, 5) is 5.91. The third-order valence-corrected chi connectivity index (χ3v) is 8.29. The highest BCUT2D eigenvalue weighted by molar-refractivity contribution is 5.09. The fraction of sp³-hybridized carbons (Fsp3) is 1.00. The number of fused-ring (bicyclic) bond motifs is 7. The highest BCUT2D eigenvalue weighted by Crippen LogP contribution is 2.50. The normalized spacial score (nSPS) is 57.3. The summed E-state index contributed by atoms with van der Waals surface area (Å²) in [6.45, 7) is 3.70. The van der Waals surface area contributed by atoms with Gasteiger partial charge in [0, 0.05) is 37.3 Å². The zero-order valence-electron chi connectivity index (χ0n) is 13.7. The Morgan fingerprint density at radius 2 is 1.45 bits per heavy atom. The third kappa shape index (κ3) is 1.79. The predicted octanol–water partition coefficient (Wildman–Crippen LogP) is 2.50. The second kappa shape index (κ2) is 4.70. The fourth-order valence-electron chi connectivity index (χ4n) is 7.35. The van der Waals surface area contributed by atoms with Gasteiger partial charge in [-0.2, -0.15) is 0 Å². The van der Waals surface area contributed by atoms with Crippen LogP contribution in [0.15, 0.2) is 0 Å². The number of piperidine rings is 1. The summed E-state index contributed by atoms with van der Waals surface area (Å²) in [5.41, 5.74) is 0. The summed E-state index contributed by atoms with van der Waals surface area (Å²) >= 11 is 0. The second-order valence-corrected chi connectivity index (χ2v) is 9.29. The van der Waals surface area contributed by atoms with Gasteiger partial charge >= 0.3 is 0 Å². The Bertz CT molecular complexity index is 460. The number of hydrogen-bond acceptors (Lipinski definition) is 3. The molecule has 4 aliphatic carbocycles. The number of rotatable bonds is 2. The van der Waals surface area contributed by atoms with Crippen LogP contribution in [0.25, 0.3) is 0 Å². The lowest BCUT2D eigenvalue weighted by Crippen LogP contribution is -2.58. The highest BCUT2D eigenvalue weighted by Gasteiger charge is 2.54. The molecule has 122 valence electrons. The van der Waals surface area contributed by atoms with Gasteiger partial charge in [0.05, 0.1) is 12.7 Å². The first kappa shape index (κ1) is 13.2. The molecule has 7 rings (SSSR count). The molecule has 0 amide bonds. The Morgan fingerprint density at radius 3 is 2.05 bits per heavy atom. The van der Waals surface area contributed by atoms with E-state index in [1.807, 2.05) is 0 Å². The Balaban J connectivity index is 1.23. The SMILES string of the molecule is C1CC2CCC1CC2N1CC2CC(N3CC4CC3CO4)C1C2. The average Bonchev–Trinajstić information content (AvgIpc) is 3.34. The van der Waals surface area contributed by atoms with Crippen molar-refractivity contribution in [1.82, 2.24) is 9.80 Å². The Labute approximate surface area is 134 Å². The molecule has 0 radical (unpaired) electrons. The van der Waals surface area contributed by atoms with E-state index in [0.29, 0.717) is 6.10 Å². The van der Waals surface area contributed by atoms with Crippen molar-refractivity contribution < 1.29 is 4.74 Å².